The van der Waals surface area contributed by atoms with Crippen LogP contribution < -0.4 is 15.2 Å². The maximum Gasteiger partial charge on any atom is 0.253 e. The van der Waals surface area contributed by atoms with Crippen molar-refractivity contribution in [2.45, 2.75) is 20.1 Å². The first-order valence-electron chi connectivity index (χ1n) is 8.18. The van der Waals surface area contributed by atoms with Crippen LogP contribution in [0.1, 0.15) is 22.3 Å². The normalized spacial score (nSPS) is 10.3. The molecule has 2 aromatic carbocycles. The fraction of sp³-hybridized carbons (Fsp3) is 0.200. The van der Waals surface area contributed by atoms with E-state index in [1.54, 1.807) is 11.8 Å². The lowest BCUT2D eigenvalue weighted by Gasteiger charge is -2.05. The van der Waals surface area contributed by atoms with E-state index in [2.05, 4.69) is 17.2 Å². The molecule has 2 N–H and O–H groups in total. The number of nitrogens with two attached hydrogens (primary N) is 1. The standard InChI is InChI=1S/C20H20N4O2/c1-14-4-3-5-16(10-14)12-24-19(22)18(11-21)20(23-24)26-13-15-6-8-17(25-2)9-7-15/h3-10H,12-13,22H2,1-2H3. The number of nitriles is 1. The van der Waals surface area contributed by atoms with E-state index in [1.165, 1.54) is 0 Å². The Morgan fingerprint density at radius 2 is 1.92 bits per heavy atom. The number of nitrogens with zero attached hydrogens (tertiary/aromatic N) is 3. The van der Waals surface area contributed by atoms with Gasteiger partial charge in [0.15, 0.2) is 5.56 Å². The largest absolute Gasteiger partial charge is 0.497 e. The fourth-order valence-corrected chi connectivity index (χ4v) is 2.64. The first kappa shape index (κ1) is 17.4. The van der Waals surface area contributed by atoms with E-state index < -0.39 is 0 Å². The minimum atomic E-state index is 0.244. The molecule has 0 radical (unpaired) electrons. The Hall–Kier alpha value is -3.46. The van der Waals surface area contributed by atoms with Crippen molar-refractivity contribution in [3.63, 3.8) is 0 Å². The molecule has 132 valence electrons. The number of anilines is 1. The Morgan fingerprint density at radius 3 is 2.58 bits per heavy atom. The quantitative estimate of drug-likeness (QED) is 0.739. The van der Waals surface area contributed by atoms with Crippen LogP contribution in [0.4, 0.5) is 5.82 Å². The number of rotatable bonds is 6. The van der Waals surface area contributed by atoms with E-state index in [9.17, 15) is 5.26 Å². The minimum Gasteiger partial charge on any atom is -0.497 e. The van der Waals surface area contributed by atoms with E-state index >= 15 is 0 Å². The van der Waals surface area contributed by atoms with Crippen molar-refractivity contribution in [3.05, 3.63) is 70.8 Å². The van der Waals surface area contributed by atoms with Gasteiger partial charge in [0.25, 0.3) is 5.88 Å². The zero-order chi connectivity index (χ0) is 18.5. The maximum atomic E-state index is 9.41. The number of aromatic nitrogens is 2. The van der Waals surface area contributed by atoms with Gasteiger partial charge in [-0.25, -0.2) is 4.68 Å². The van der Waals surface area contributed by atoms with Crippen molar-refractivity contribution in [2.24, 2.45) is 0 Å². The van der Waals surface area contributed by atoms with Crippen LogP contribution in [0.25, 0.3) is 0 Å². The van der Waals surface area contributed by atoms with Crippen molar-refractivity contribution in [1.29, 1.82) is 5.26 Å². The summed E-state index contributed by atoms with van der Waals surface area (Å²) in [7, 11) is 1.62. The first-order valence-corrected chi connectivity index (χ1v) is 8.18. The van der Waals surface area contributed by atoms with Crippen LogP contribution in [0.5, 0.6) is 11.6 Å². The highest BCUT2D eigenvalue weighted by molar-refractivity contribution is 5.55. The van der Waals surface area contributed by atoms with Crippen LogP contribution in [0.15, 0.2) is 48.5 Å². The van der Waals surface area contributed by atoms with Gasteiger partial charge >= 0.3 is 0 Å². The lowest BCUT2D eigenvalue weighted by atomic mass is 10.1. The van der Waals surface area contributed by atoms with Gasteiger partial charge in [0.2, 0.25) is 0 Å². The summed E-state index contributed by atoms with van der Waals surface area (Å²) in [5.41, 5.74) is 9.51. The van der Waals surface area contributed by atoms with Crippen LogP contribution in [-0.2, 0) is 13.2 Å². The third kappa shape index (κ3) is 3.78. The molecule has 6 nitrogen and oxygen atoms in total. The Labute approximate surface area is 152 Å². The summed E-state index contributed by atoms with van der Waals surface area (Å²) in [5.74, 6) is 1.32. The molecule has 0 spiro atoms. The number of nitrogen functional groups attached to an aromatic ring is 1. The van der Waals surface area contributed by atoms with Gasteiger partial charge in [-0.15, -0.1) is 5.10 Å². The van der Waals surface area contributed by atoms with Gasteiger partial charge in [0.1, 0.15) is 24.2 Å². The van der Waals surface area contributed by atoms with E-state index in [-0.39, 0.29) is 11.4 Å². The van der Waals surface area contributed by atoms with Crippen molar-refractivity contribution < 1.29 is 9.47 Å². The number of ether oxygens (including phenoxy) is 2. The first-order chi connectivity index (χ1) is 12.6. The lowest BCUT2D eigenvalue weighted by Crippen LogP contribution is -2.06. The molecule has 1 aromatic heterocycles. The van der Waals surface area contributed by atoms with Gasteiger partial charge in [0.05, 0.1) is 13.7 Å². The van der Waals surface area contributed by atoms with Gasteiger partial charge in [0, 0.05) is 0 Å². The third-order valence-corrected chi connectivity index (χ3v) is 4.02. The van der Waals surface area contributed by atoms with Gasteiger partial charge in [-0.1, -0.05) is 42.0 Å². The summed E-state index contributed by atoms with van der Waals surface area (Å²) in [6.07, 6.45) is 0. The van der Waals surface area contributed by atoms with Gasteiger partial charge < -0.3 is 15.2 Å². The molecule has 0 aliphatic heterocycles. The zero-order valence-electron chi connectivity index (χ0n) is 14.8. The highest BCUT2D eigenvalue weighted by atomic mass is 16.5. The molecule has 0 saturated heterocycles. The van der Waals surface area contributed by atoms with Crippen LogP contribution in [0.3, 0.4) is 0 Å². The topological polar surface area (TPSA) is 86.1 Å². The molecule has 0 saturated carbocycles. The van der Waals surface area contributed by atoms with E-state index in [1.807, 2.05) is 49.4 Å². The Balaban J connectivity index is 1.77. The summed E-state index contributed by atoms with van der Waals surface area (Å²) in [6, 6.07) is 17.7. The van der Waals surface area contributed by atoms with E-state index in [0.29, 0.717) is 19.0 Å². The number of methoxy groups -OCH3 is 1. The lowest BCUT2D eigenvalue weighted by molar-refractivity contribution is 0.289. The molecule has 1 heterocycles. The van der Waals surface area contributed by atoms with Crippen molar-refractivity contribution >= 4 is 5.82 Å². The smallest absolute Gasteiger partial charge is 0.253 e. The Morgan fingerprint density at radius 1 is 1.15 bits per heavy atom. The second-order valence-electron chi connectivity index (χ2n) is 5.96. The molecular formula is C20H20N4O2. The molecule has 3 rings (SSSR count). The second kappa shape index (κ2) is 7.62. The Kier molecular flexibility index (Phi) is 5.09. The predicted octanol–water partition coefficient (Wildman–Crippen LogP) is 3.28. The van der Waals surface area contributed by atoms with Crippen LogP contribution in [-0.4, -0.2) is 16.9 Å². The zero-order valence-corrected chi connectivity index (χ0v) is 14.8. The monoisotopic (exact) mass is 348 g/mol. The van der Waals surface area contributed by atoms with Gasteiger partial charge in [-0.3, -0.25) is 0 Å². The second-order valence-corrected chi connectivity index (χ2v) is 5.96. The van der Waals surface area contributed by atoms with Crippen LogP contribution >= 0.6 is 0 Å². The summed E-state index contributed by atoms with van der Waals surface area (Å²) in [6.45, 7) is 2.80. The highest BCUT2D eigenvalue weighted by Crippen LogP contribution is 2.25. The number of aryl methyl sites for hydroxylation is 1. The molecule has 0 unspecified atom stereocenters. The highest BCUT2D eigenvalue weighted by Gasteiger charge is 2.17. The Bertz CT molecular complexity index is 939. The van der Waals surface area contributed by atoms with Crippen LogP contribution in [0, 0.1) is 18.3 Å². The van der Waals surface area contributed by atoms with Crippen molar-refractivity contribution in [2.75, 3.05) is 12.8 Å². The van der Waals surface area contributed by atoms with Crippen LogP contribution in [0.2, 0.25) is 0 Å². The van der Waals surface area contributed by atoms with Crippen molar-refractivity contribution in [1.82, 2.24) is 9.78 Å². The summed E-state index contributed by atoms with van der Waals surface area (Å²) >= 11 is 0. The molecule has 0 atom stereocenters. The molecule has 26 heavy (non-hydrogen) atoms. The van der Waals surface area contributed by atoms with E-state index in [4.69, 9.17) is 15.2 Å². The van der Waals surface area contributed by atoms with Gasteiger partial charge in [-0.2, -0.15) is 5.26 Å². The average molecular weight is 348 g/mol. The average Bonchev–Trinajstić information content (AvgIpc) is 2.95. The molecule has 0 aliphatic carbocycles. The number of hydrogen-bond donors (Lipinski definition) is 1. The molecule has 3 aromatic rings. The van der Waals surface area contributed by atoms with Crippen molar-refractivity contribution in [3.8, 4) is 17.7 Å². The molecule has 0 fully saturated rings. The molecule has 6 heteroatoms. The van der Waals surface area contributed by atoms with E-state index in [0.717, 1.165) is 22.4 Å². The summed E-state index contributed by atoms with van der Waals surface area (Å²) < 4.78 is 12.5. The minimum absolute atomic E-state index is 0.244. The fourth-order valence-electron chi connectivity index (χ4n) is 2.64. The summed E-state index contributed by atoms with van der Waals surface area (Å²) in [4.78, 5) is 0. The number of benzene rings is 2. The predicted molar refractivity (Wildman–Crippen MR) is 99.0 cm³/mol. The van der Waals surface area contributed by atoms with Gasteiger partial charge in [-0.05, 0) is 30.2 Å². The third-order valence-electron chi connectivity index (χ3n) is 4.02. The molecular weight excluding hydrogens is 328 g/mol. The maximum absolute atomic E-state index is 9.41. The summed E-state index contributed by atoms with van der Waals surface area (Å²) in [5, 5.41) is 13.8. The SMILES string of the molecule is COc1ccc(COc2nn(Cc3cccc(C)c3)c(N)c2C#N)cc1. The molecule has 0 bridgehead atoms. The molecule has 0 amide bonds. The number of hydrogen-bond acceptors (Lipinski definition) is 5. The molecule has 0 aliphatic rings.